The third kappa shape index (κ3) is 5.29. The predicted octanol–water partition coefficient (Wildman–Crippen LogP) is 2.18. The number of carbonyl (C=O) groups excluding carboxylic acids is 1. The van der Waals surface area contributed by atoms with Gasteiger partial charge < -0.3 is 20.3 Å². The molecule has 2 atom stereocenters. The Kier molecular flexibility index (Phi) is 6.56. The molecule has 5 rings (SSSR count). The Morgan fingerprint density at radius 2 is 2.00 bits per heavy atom. The van der Waals surface area contributed by atoms with E-state index in [1.54, 1.807) is 12.4 Å². The van der Waals surface area contributed by atoms with E-state index >= 15 is 0 Å². The second-order valence-corrected chi connectivity index (χ2v) is 9.64. The van der Waals surface area contributed by atoms with Crippen LogP contribution in [-0.2, 0) is 24.1 Å². The van der Waals surface area contributed by atoms with E-state index in [1.165, 1.54) is 18.5 Å². The van der Waals surface area contributed by atoms with Gasteiger partial charge >= 0.3 is 6.18 Å². The van der Waals surface area contributed by atoms with Crippen LogP contribution in [0.5, 0.6) is 0 Å². The van der Waals surface area contributed by atoms with Gasteiger partial charge in [0.05, 0.1) is 24.5 Å². The molecule has 12 heteroatoms. The lowest BCUT2D eigenvalue weighted by molar-refractivity contribution is -0.137. The molecule has 9 nitrogen and oxygen atoms in total. The Morgan fingerprint density at radius 3 is 2.69 bits per heavy atom. The lowest BCUT2D eigenvalue weighted by atomic mass is 9.93. The number of primary amides is 1. The number of piperidine rings is 1. The number of nitrogens with two attached hydrogens (primary N) is 1. The first-order chi connectivity index (χ1) is 17.2. The van der Waals surface area contributed by atoms with Gasteiger partial charge in [-0.2, -0.15) is 13.2 Å². The van der Waals surface area contributed by atoms with Gasteiger partial charge in [-0.1, -0.05) is 12.1 Å². The van der Waals surface area contributed by atoms with E-state index in [-0.39, 0.29) is 25.0 Å². The molecule has 1 aliphatic heterocycles. The Hall–Kier alpha value is -3.25. The van der Waals surface area contributed by atoms with Crippen LogP contribution in [0.25, 0.3) is 11.2 Å². The van der Waals surface area contributed by atoms with Crippen molar-refractivity contribution < 1.29 is 23.1 Å². The van der Waals surface area contributed by atoms with E-state index in [1.807, 2.05) is 14.4 Å². The number of alkyl halides is 3. The number of amides is 1. The van der Waals surface area contributed by atoms with E-state index in [4.69, 9.17) is 5.73 Å². The molecule has 0 radical (unpaired) electrons. The number of benzene rings is 1. The first-order valence-corrected chi connectivity index (χ1v) is 12.0. The zero-order valence-corrected chi connectivity index (χ0v) is 19.6. The highest BCUT2D eigenvalue weighted by Crippen LogP contribution is 2.36. The van der Waals surface area contributed by atoms with Crippen molar-refractivity contribution in [2.45, 2.75) is 50.7 Å². The molecule has 3 N–H and O–H groups in total. The molecule has 2 unspecified atom stereocenters. The van der Waals surface area contributed by atoms with Crippen molar-refractivity contribution in [2.24, 2.45) is 11.7 Å². The van der Waals surface area contributed by atoms with E-state index in [0.717, 1.165) is 18.9 Å². The maximum Gasteiger partial charge on any atom is 0.416 e. The van der Waals surface area contributed by atoms with Crippen LogP contribution < -0.4 is 10.6 Å². The highest BCUT2D eigenvalue weighted by molar-refractivity contribution is 5.83. The zero-order valence-electron chi connectivity index (χ0n) is 19.6. The summed E-state index contributed by atoms with van der Waals surface area (Å²) in [6.07, 6.45) is 0.644. The van der Waals surface area contributed by atoms with Crippen LogP contribution in [0, 0.1) is 5.92 Å². The van der Waals surface area contributed by atoms with Gasteiger partial charge in [-0.15, -0.1) is 0 Å². The second-order valence-electron chi connectivity index (χ2n) is 9.64. The summed E-state index contributed by atoms with van der Waals surface area (Å²) >= 11 is 0. The number of fused-ring (bicyclic) bond motifs is 1. The van der Waals surface area contributed by atoms with Gasteiger partial charge in [0, 0.05) is 31.6 Å². The SMILES string of the molecule is NC(=O)CN1CCC(Cn2cnc3c(N(Cc4cccc(C(F)(F)F)c4)C4CC4)ncnc32)C(O)C1. The molecule has 1 saturated heterocycles. The summed E-state index contributed by atoms with van der Waals surface area (Å²) < 4.78 is 41.5. The number of nitrogens with zero attached hydrogens (tertiary/aromatic N) is 6. The van der Waals surface area contributed by atoms with Gasteiger partial charge in [-0.05, 0) is 43.5 Å². The van der Waals surface area contributed by atoms with Crippen molar-refractivity contribution in [1.29, 1.82) is 0 Å². The van der Waals surface area contributed by atoms with Crippen molar-refractivity contribution in [3.8, 4) is 0 Å². The molecule has 1 aromatic carbocycles. The molecule has 1 amide bonds. The van der Waals surface area contributed by atoms with Crippen LogP contribution >= 0.6 is 0 Å². The number of anilines is 1. The third-order valence-electron chi connectivity index (χ3n) is 6.87. The lowest BCUT2D eigenvalue weighted by Crippen LogP contribution is -2.47. The van der Waals surface area contributed by atoms with Gasteiger partial charge in [0.2, 0.25) is 5.91 Å². The fourth-order valence-corrected chi connectivity index (χ4v) is 4.89. The van der Waals surface area contributed by atoms with E-state index in [2.05, 4.69) is 15.0 Å². The minimum atomic E-state index is -4.40. The maximum absolute atomic E-state index is 13.2. The highest BCUT2D eigenvalue weighted by Gasteiger charge is 2.34. The van der Waals surface area contributed by atoms with Crippen LogP contribution in [0.3, 0.4) is 0 Å². The molecule has 0 bridgehead atoms. The number of hydrogen-bond donors (Lipinski definition) is 2. The van der Waals surface area contributed by atoms with Gasteiger partial charge in [0.15, 0.2) is 17.0 Å². The Bertz CT molecular complexity index is 1240. The number of aliphatic hydroxyl groups excluding tert-OH is 1. The summed E-state index contributed by atoms with van der Waals surface area (Å²) in [5.74, 6) is 0.126. The van der Waals surface area contributed by atoms with Crippen LogP contribution in [0.15, 0.2) is 36.9 Å². The standard InChI is InChI=1S/C24H28F3N7O2/c25-24(26,27)17-3-1-2-15(8-17)9-34(18-4-5-18)23-21-22(29-13-30-23)33(14-31-21)10-16-6-7-32(11-19(16)35)12-20(28)36/h1-3,8,13-14,16,18-19,35H,4-7,9-12H2,(H2,28,36). The Balaban J connectivity index is 1.37. The van der Waals surface area contributed by atoms with E-state index in [0.29, 0.717) is 48.6 Å². The van der Waals surface area contributed by atoms with Gasteiger partial charge in [0.1, 0.15) is 6.33 Å². The van der Waals surface area contributed by atoms with Crippen LogP contribution in [0.4, 0.5) is 19.0 Å². The number of likely N-dealkylation sites (tertiary alicyclic amines) is 1. The van der Waals surface area contributed by atoms with Crippen molar-refractivity contribution in [2.75, 3.05) is 24.5 Å². The number of rotatable bonds is 8. The van der Waals surface area contributed by atoms with E-state index < -0.39 is 23.8 Å². The molecular formula is C24H28F3N7O2. The second kappa shape index (κ2) is 9.66. The number of halogens is 3. The zero-order chi connectivity index (χ0) is 25.4. The smallest absolute Gasteiger partial charge is 0.391 e. The average molecular weight is 504 g/mol. The first kappa shape index (κ1) is 24.4. The number of carbonyl (C=O) groups is 1. The summed E-state index contributed by atoms with van der Waals surface area (Å²) in [4.78, 5) is 28.5. The number of imidazole rings is 1. The molecule has 2 aliphatic rings. The fourth-order valence-electron chi connectivity index (χ4n) is 4.89. The fraction of sp³-hybridized carbons (Fsp3) is 0.500. The summed E-state index contributed by atoms with van der Waals surface area (Å²) in [7, 11) is 0. The minimum absolute atomic E-state index is 0.0467. The lowest BCUT2D eigenvalue weighted by Gasteiger charge is -2.35. The minimum Gasteiger partial charge on any atom is -0.391 e. The maximum atomic E-state index is 13.2. The first-order valence-electron chi connectivity index (χ1n) is 12.0. The quantitative estimate of drug-likeness (QED) is 0.485. The molecule has 1 saturated carbocycles. The molecule has 36 heavy (non-hydrogen) atoms. The predicted molar refractivity (Wildman–Crippen MR) is 126 cm³/mol. The molecule has 192 valence electrons. The van der Waals surface area contributed by atoms with Crippen LogP contribution in [-0.4, -0.2) is 67.2 Å². The molecule has 0 spiro atoms. The molecule has 2 aromatic heterocycles. The monoisotopic (exact) mass is 503 g/mol. The molecule has 2 fully saturated rings. The topological polar surface area (TPSA) is 113 Å². The summed E-state index contributed by atoms with van der Waals surface area (Å²) in [6.45, 7) is 1.92. The third-order valence-corrected chi connectivity index (χ3v) is 6.87. The van der Waals surface area contributed by atoms with E-state index in [9.17, 15) is 23.1 Å². The number of aliphatic hydroxyl groups is 1. The van der Waals surface area contributed by atoms with Gasteiger partial charge in [-0.3, -0.25) is 9.69 Å². The van der Waals surface area contributed by atoms with Crippen molar-refractivity contribution >= 4 is 22.9 Å². The van der Waals surface area contributed by atoms with Crippen molar-refractivity contribution in [3.05, 3.63) is 48.0 Å². The van der Waals surface area contributed by atoms with Gasteiger partial charge in [0.25, 0.3) is 0 Å². The summed E-state index contributed by atoms with van der Waals surface area (Å²) in [5.41, 5.74) is 6.34. The van der Waals surface area contributed by atoms with Crippen LogP contribution in [0.2, 0.25) is 0 Å². The molecular weight excluding hydrogens is 475 g/mol. The summed E-state index contributed by atoms with van der Waals surface area (Å²) in [6, 6.07) is 5.54. The van der Waals surface area contributed by atoms with Crippen LogP contribution in [0.1, 0.15) is 30.4 Å². The van der Waals surface area contributed by atoms with Crippen molar-refractivity contribution in [3.63, 3.8) is 0 Å². The normalized spacial score (nSPS) is 21.1. The Labute approximate surface area is 205 Å². The molecule has 1 aliphatic carbocycles. The number of aromatic nitrogens is 4. The highest BCUT2D eigenvalue weighted by atomic mass is 19.4. The number of hydrogen-bond acceptors (Lipinski definition) is 7. The molecule has 3 heterocycles. The van der Waals surface area contributed by atoms with Gasteiger partial charge in [-0.25, -0.2) is 15.0 Å². The molecule has 3 aromatic rings. The summed E-state index contributed by atoms with van der Waals surface area (Å²) in [5, 5.41) is 10.6. The average Bonchev–Trinajstić information content (AvgIpc) is 3.59. The Morgan fingerprint density at radius 1 is 1.19 bits per heavy atom. The number of β-amino-alcohol motifs (C(OH)–C–C–N with tert-alkyl or cyclic N) is 1. The largest absolute Gasteiger partial charge is 0.416 e. The van der Waals surface area contributed by atoms with Crippen molar-refractivity contribution in [1.82, 2.24) is 24.4 Å².